The number of aromatic nitrogens is 2. The topological polar surface area (TPSA) is 415 Å². The van der Waals surface area contributed by atoms with E-state index in [9.17, 15) is 81.5 Å². The van der Waals surface area contributed by atoms with Gasteiger partial charge in [0, 0.05) is 80.9 Å². The van der Waals surface area contributed by atoms with Crippen molar-refractivity contribution < 1.29 is 81.4 Å². The number of anilines is 2. The number of amides is 8. The lowest BCUT2D eigenvalue weighted by atomic mass is 9.80. The van der Waals surface area contributed by atoms with Gasteiger partial charge in [-0.25, -0.2) is 9.59 Å². The van der Waals surface area contributed by atoms with E-state index in [2.05, 4.69) is 42.5 Å². The molecule has 9 atom stereocenters. The standard InChI is InChI=1S/C35H42N2O5.C32H40N4O7.C31H44N4O7/c38-30(20-19-25-11-4-1-5-12-25)22-29(21-26-13-6-2-7-14-26)34(41)37-31(23-28-17-10-18-32(28)39)33(40)35(42)36-24-27-15-8-3-9-16-27;1-32(2,3)43-31(42)35-23-12-8-16-36(30(23)41)25(17-20-14-15-20)28(39)34-24(18-22-11-7-13-26(22)37)27(38)29(40)33-19-21-9-5-4-6-10-21;1-31(2,3)42-30(41)34-22-12-8-16-35(29(22)40)24(17-19-9-5-4-6-10-19)27(38)33-23(18-20-11-7-13-25(20)36)26(37)28(39)32-21-14-15-21/h1,3-5,8-9,11-12,15-16,19-20,26,28-29,31H,2,6-7,10,13-14,17-18,21-24H2,(H,36,42)(H,37,41);4-6,8-10,12,16,20,22,24-25H,7,11,13-15,17-19H2,1-3H3,(H,33,40)(H,34,39)(H,35,42);8,12,16,19-21,23-24H,4-7,9-11,13-15,17-18H2,1-3H3,(H,32,39)(H,33,38)(H,34,41)/b20-19+;;/t28-,29+,31-;22-,24-,25-;20-,23-,24-/m000/s1. The van der Waals surface area contributed by atoms with Crippen LogP contribution in [0.15, 0.2) is 143 Å². The van der Waals surface area contributed by atoms with E-state index in [0.29, 0.717) is 76.5 Å². The van der Waals surface area contributed by atoms with E-state index in [0.717, 1.165) is 107 Å². The van der Waals surface area contributed by atoms with Gasteiger partial charge in [-0.15, -0.1) is 0 Å². The lowest BCUT2D eigenvalue weighted by Crippen LogP contribution is -2.51. The molecule has 0 unspecified atom stereocenters. The molecule has 0 bridgehead atoms. The maximum Gasteiger partial charge on any atom is 0.412 e. The van der Waals surface area contributed by atoms with Gasteiger partial charge in [0.15, 0.2) is 5.78 Å². The fraction of sp³-hybridized carbons (Fsp3) is 0.541. The number of hydrogen-bond acceptors (Lipinski definition) is 19. The third-order valence-electron chi connectivity index (χ3n) is 24.4. The van der Waals surface area contributed by atoms with E-state index in [1.807, 2.05) is 91.0 Å². The van der Waals surface area contributed by atoms with E-state index in [1.165, 1.54) is 52.2 Å². The molecule has 8 amide bonds. The van der Waals surface area contributed by atoms with Crippen molar-refractivity contribution in [2.45, 2.75) is 295 Å². The predicted molar refractivity (Wildman–Crippen MR) is 477 cm³/mol. The Morgan fingerprint density at radius 3 is 1.14 bits per heavy atom. The molecule has 0 spiro atoms. The summed E-state index contributed by atoms with van der Waals surface area (Å²) in [5.74, 6) is -7.56. The number of Topliss-reactive ketones (excluding diaryl/α,β-unsaturated/α-hetero) is 6. The molecule has 7 fully saturated rings. The average molecular weight is 1750 g/mol. The van der Waals surface area contributed by atoms with Crippen LogP contribution in [0.4, 0.5) is 21.0 Å². The first-order chi connectivity index (χ1) is 60.7. The summed E-state index contributed by atoms with van der Waals surface area (Å²) in [4.78, 5) is 222. The summed E-state index contributed by atoms with van der Waals surface area (Å²) >= 11 is 0. The number of nitrogens with zero attached hydrogens (tertiary/aromatic N) is 2. The zero-order valence-electron chi connectivity index (χ0n) is 74.1. The van der Waals surface area contributed by atoms with Crippen LogP contribution in [0.5, 0.6) is 0 Å². The number of ketones is 7. The summed E-state index contributed by atoms with van der Waals surface area (Å²) in [7, 11) is 0. The Hall–Kier alpha value is -11.7. The van der Waals surface area contributed by atoms with E-state index in [4.69, 9.17) is 9.47 Å². The van der Waals surface area contributed by atoms with Gasteiger partial charge in [-0.1, -0.05) is 174 Å². The van der Waals surface area contributed by atoms with Crippen LogP contribution in [0.1, 0.15) is 263 Å². The lowest BCUT2D eigenvalue weighted by Gasteiger charge is -2.29. The normalized spacial score (nSPS) is 19.2. The number of rotatable bonds is 37. The van der Waals surface area contributed by atoms with Gasteiger partial charge in [-0.2, -0.15) is 0 Å². The monoisotopic (exact) mass is 1750 g/mol. The van der Waals surface area contributed by atoms with Crippen molar-refractivity contribution in [2.75, 3.05) is 10.6 Å². The molecule has 0 aliphatic heterocycles. The Bertz CT molecular complexity index is 4860. The number of carbonyl (C=O) groups is 15. The molecule has 2 heterocycles. The highest BCUT2D eigenvalue weighted by molar-refractivity contribution is 6.39. The third-order valence-corrected chi connectivity index (χ3v) is 24.4. The smallest absolute Gasteiger partial charge is 0.412 e. The number of benzene rings is 3. The number of ether oxygens (including phenoxy) is 2. The van der Waals surface area contributed by atoms with Gasteiger partial charge < -0.3 is 50.5 Å². The molecule has 29 nitrogen and oxygen atoms in total. The molecule has 5 aromatic rings. The van der Waals surface area contributed by atoms with Crippen molar-refractivity contribution >= 4 is 106 Å². The SMILES string of the molecule is CC(C)(C)OC(=O)Nc1cccn([C@@H](CC2CC2)C(=O)N[C@@H](C[C@@H]2CCCC2=O)C(=O)C(=O)NCc2ccccc2)c1=O.CC(C)(C)OC(=O)Nc1cccn([C@@H](CC2CCCCC2)C(=O)N[C@@H](C[C@@H]2CCCC2=O)C(=O)C(=O)NC2CC2)c1=O.O=C(/C=C/c1ccccc1)C[C@@H](CC1CCCCC1)C(=O)N[C@@H](C[C@@H]1CCCC1=O)C(=O)C(=O)NCc1ccccc1. The van der Waals surface area contributed by atoms with Crippen LogP contribution in [0, 0.1) is 41.4 Å². The van der Waals surface area contributed by atoms with Gasteiger partial charge in [0.05, 0.1) is 18.1 Å². The molecule has 0 saturated heterocycles. The molecular formula is C98H126N10O19. The molecule has 7 aliphatic carbocycles. The summed E-state index contributed by atoms with van der Waals surface area (Å²) in [6, 6.07) is 28.3. The van der Waals surface area contributed by atoms with Gasteiger partial charge in [0.2, 0.25) is 35.1 Å². The molecule has 29 heteroatoms. The molecular weight excluding hydrogens is 1620 g/mol. The van der Waals surface area contributed by atoms with Crippen LogP contribution >= 0.6 is 0 Å². The molecule has 0 radical (unpaired) electrons. The first-order valence-electron chi connectivity index (χ1n) is 45.4. The van der Waals surface area contributed by atoms with Gasteiger partial charge in [0.1, 0.15) is 52.0 Å². The van der Waals surface area contributed by atoms with Crippen molar-refractivity contribution in [1.82, 2.24) is 41.0 Å². The van der Waals surface area contributed by atoms with Crippen LogP contribution < -0.4 is 53.7 Å². The molecule has 7 aliphatic rings. The predicted octanol–water partition coefficient (Wildman–Crippen LogP) is 12.8. The molecule has 12 rings (SSSR count). The van der Waals surface area contributed by atoms with Crippen molar-refractivity contribution in [3.8, 4) is 0 Å². The quantitative estimate of drug-likeness (QED) is 0.0135. The first-order valence-corrected chi connectivity index (χ1v) is 45.4. The molecule has 682 valence electrons. The van der Waals surface area contributed by atoms with Crippen LogP contribution in [0.25, 0.3) is 6.08 Å². The minimum Gasteiger partial charge on any atom is -0.444 e. The summed E-state index contributed by atoms with van der Waals surface area (Å²) in [5.41, 5.74) is -0.289. The highest BCUT2D eigenvalue weighted by Gasteiger charge is 2.42. The highest BCUT2D eigenvalue weighted by atomic mass is 16.6. The average Bonchev–Trinajstić information content (AvgIpc) is 1.80. The van der Waals surface area contributed by atoms with Crippen LogP contribution in [0.3, 0.4) is 0 Å². The number of nitrogens with one attached hydrogen (secondary N) is 8. The highest BCUT2D eigenvalue weighted by Crippen LogP contribution is 2.38. The Balaban J connectivity index is 0.000000199. The molecule has 7 saturated carbocycles. The van der Waals surface area contributed by atoms with Gasteiger partial charge in [-0.05, 0) is 196 Å². The molecule has 2 aromatic heterocycles. The van der Waals surface area contributed by atoms with Gasteiger partial charge >= 0.3 is 12.2 Å². The second-order valence-corrected chi connectivity index (χ2v) is 37.1. The van der Waals surface area contributed by atoms with E-state index >= 15 is 0 Å². The van der Waals surface area contributed by atoms with Gasteiger partial charge in [-0.3, -0.25) is 82.6 Å². The first kappa shape index (κ1) is 97.5. The Labute approximate surface area is 742 Å². The number of hydrogen-bond donors (Lipinski definition) is 8. The largest absolute Gasteiger partial charge is 0.444 e. The summed E-state index contributed by atoms with van der Waals surface area (Å²) in [5, 5.41) is 21.2. The summed E-state index contributed by atoms with van der Waals surface area (Å²) < 4.78 is 13.1. The fourth-order valence-electron chi connectivity index (χ4n) is 17.3. The fourth-order valence-corrected chi connectivity index (χ4v) is 17.3. The zero-order chi connectivity index (χ0) is 91.3. The maximum atomic E-state index is 14.0. The lowest BCUT2D eigenvalue weighted by molar-refractivity contribution is -0.141. The Kier molecular flexibility index (Phi) is 36.3. The van der Waals surface area contributed by atoms with Crippen molar-refractivity contribution in [2.24, 2.45) is 41.4 Å². The van der Waals surface area contributed by atoms with Gasteiger partial charge in [0.25, 0.3) is 28.8 Å². The van der Waals surface area contributed by atoms with E-state index < -0.39 is 135 Å². The Morgan fingerprint density at radius 1 is 0.402 bits per heavy atom. The number of allylic oxidation sites excluding steroid dienone is 1. The minimum absolute atomic E-state index is 0.00316. The van der Waals surface area contributed by atoms with Crippen LogP contribution in [0.2, 0.25) is 0 Å². The van der Waals surface area contributed by atoms with Crippen molar-refractivity contribution in [1.29, 1.82) is 0 Å². The van der Waals surface area contributed by atoms with Crippen molar-refractivity contribution in [3.63, 3.8) is 0 Å². The van der Waals surface area contributed by atoms with Crippen molar-refractivity contribution in [3.05, 3.63) is 171 Å². The van der Waals surface area contributed by atoms with Crippen LogP contribution in [-0.2, 0) is 84.9 Å². The second kappa shape index (κ2) is 47.2. The van der Waals surface area contributed by atoms with E-state index in [1.54, 1.807) is 53.7 Å². The Morgan fingerprint density at radius 2 is 0.772 bits per heavy atom. The summed E-state index contributed by atoms with van der Waals surface area (Å²) in [6.07, 6.45) is 25.1. The molecule has 127 heavy (non-hydrogen) atoms. The minimum atomic E-state index is -1.24. The van der Waals surface area contributed by atoms with Crippen LogP contribution in [-0.4, -0.2) is 133 Å². The number of pyridine rings is 2. The third kappa shape index (κ3) is 31.7. The summed E-state index contributed by atoms with van der Waals surface area (Å²) in [6.45, 7) is 10.5. The molecule has 8 N–H and O–H groups in total. The van der Waals surface area contributed by atoms with E-state index in [-0.39, 0.29) is 97.1 Å². The zero-order valence-corrected chi connectivity index (χ0v) is 74.1. The maximum absolute atomic E-state index is 14.0. The second-order valence-electron chi connectivity index (χ2n) is 37.1. The number of carbonyl (C=O) groups excluding carboxylic acids is 15. The molecule has 3 aromatic carbocycles.